The van der Waals surface area contributed by atoms with Gasteiger partial charge in [0, 0.05) is 12.1 Å². The number of rotatable bonds is 8. The first-order valence-electron chi connectivity index (χ1n) is 8.23. The summed E-state index contributed by atoms with van der Waals surface area (Å²) >= 11 is 0. The highest BCUT2D eigenvalue weighted by Crippen LogP contribution is 2.28. The highest BCUT2D eigenvalue weighted by Gasteiger charge is 2.11. The summed E-state index contributed by atoms with van der Waals surface area (Å²) in [6.07, 6.45) is 1.77. The summed E-state index contributed by atoms with van der Waals surface area (Å²) < 4.78 is 23.6. The van der Waals surface area contributed by atoms with Gasteiger partial charge in [-0.25, -0.2) is 4.39 Å². The first kappa shape index (κ1) is 18.3. The van der Waals surface area contributed by atoms with Crippen molar-refractivity contribution in [2.75, 3.05) is 14.2 Å². The van der Waals surface area contributed by atoms with Crippen molar-refractivity contribution in [2.45, 2.75) is 38.8 Å². The number of hydrogen-bond acceptors (Lipinski definition) is 3. The molecule has 0 heterocycles. The molecule has 2 aromatic rings. The summed E-state index contributed by atoms with van der Waals surface area (Å²) in [5, 5.41) is 3.59. The summed E-state index contributed by atoms with van der Waals surface area (Å²) in [5.41, 5.74) is 2.33. The molecular formula is C20H26FNO2. The van der Waals surface area contributed by atoms with E-state index in [0.717, 1.165) is 29.9 Å². The van der Waals surface area contributed by atoms with Gasteiger partial charge in [0.2, 0.25) is 0 Å². The number of methoxy groups -OCH3 is 2. The van der Waals surface area contributed by atoms with Gasteiger partial charge in [-0.1, -0.05) is 18.2 Å². The molecular weight excluding hydrogens is 305 g/mol. The molecule has 0 saturated heterocycles. The molecule has 0 aliphatic rings. The van der Waals surface area contributed by atoms with Crippen LogP contribution >= 0.6 is 0 Å². The van der Waals surface area contributed by atoms with Gasteiger partial charge in [0.1, 0.15) is 5.82 Å². The quantitative estimate of drug-likeness (QED) is 0.793. The molecule has 0 radical (unpaired) electrons. The van der Waals surface area contributed by atoms with Crippen LogP contribution in [0.25, 0.3) is 0 Å². The number of nitrogens with one attached hydrogen (secondary N) is 1. The number of ether oxygens (including phenoxy) is 2. The molecule has 0 bridgehead atoms. The van der Waals surface area contributed by atoms with E-state index in [0.29, 0.717) is 12.1 Å². The maximum absolute atomic E-state index is 13.0. The standard InChI is InChI=1S/C20H26FNO2/c1-14(11-16-5-8-18(21)9-6-16)22-15(2)12-17-7-10-19(23-3)20(13-17)24-4/h5-10,13-15,22H,11-12H2,1-4H3. The van der Waals surface area contributed by atoms with E-state index >= 15 is 0 Å². The lowest BCUT2D eigenvalue weighted by atomic mass is 10.0. The van der Waals surface area contributed by atoms with Gasteiger partial charge in [-0.15, -0.1) is 0 Å². The van der Waals surface area contributed by atoms with E-state index in [1.54, 1.807) is 14.2 Å². The number of hydrogen-bond donors (Lipinski definition) is 1. The fourth-order valence-electron chi connectivity index (χ4n) is 2.94. The van der Waals surface area contributed by atoms with Crippen molar-refractivity contribution >= 4 is 0 Å². The molecule has 130 valence electrons. The van der Waals surface area contributed by atoms with Gasteiger partial charge in [-0.2, -0.15) is 0 Å². The summed E-state index contributed by atoms with van der Waals surface area (Å²) in [5.74, 6) is 1.30. The van der Waals surface area contributed by atoms with Crippen LogP contribution in [0.1, 0.15) is 25.0 Å². The van der Waals surface area contributed by atoms with Crippen LogP contribution in [0, 0.1) is 5.82 Å². The molecule has 3 nitrogen and oxygen atoms in total. The average molecular weight is 331 g/mol. The van der Waals surface area contributed by atoms with Crippen LogP contribution in [0.5, 0.6) is 11.5 Å². The Morgan fingerprint density at radius 2 is 1.38 bits per heavy atom. The van der Waals surface area contributed by atoms with Crippen molar-refractivity contribution in [3.8, 4) is 11.5 Å². The Bertz CT molecular complexity index is 643. The normalized spacial score (nSPS) is 13.4. The van der Waals surface area contributed by atoms with E-state index in [1.807, 2.05) is 24.3 Å². The zero-order valence-corrected chi connectivity index (χ0v) is 14.8. The predicted molar refractivity (Wildman–Crippen MR) is 95.4 cm³/mol. The van der Waals surface area contributed by atoms with E-state index in [-0.39, 0.29) is 5.82 Å². The van der Waals surface area contributed by atoms with Crippen molar-refractivity contribution in [3.63, 3.8) is 0 Å². The van der Waals surface area contributed by atoms with Gasteiger partial charge in [-0.05, 0) is 62.1 Å². The topological polar surface area (TPSA) is 30.5 Å². The van der Waals surface area contributed by atoms with Crippen LogP contribution in [0.4, 0.5) is 4.39 Å². The molecule has 0 aliphatic carbocycles. The third-order valence-electron chi connectivity index (χ3n) is 4.01. The maximum Gasteiger partial charge on any atom is 0.160 e. The van der Waals surface area contributed by atoms with Crippen LogP contribution in [0.15, 0.2) is 42.5 Å². The van der Waals surface area contributed by atoms with Gasteiger partial charge in [0.05, 0.1) is 14.2 Å². The van der Waals surface area contributed by atoms with Crippen molar-refractivity contribution in [1.29, 1.82) is 0 Å². The number of benzene rings is 2. The Hall–Kier alpha value is -2.07. The molecule has 0 fully saturated rings. The molecule has 4 heteroatoms. The lowest BCUT2D eigenvalue weighted by Gasteiger charge is -2.21. The molecule has 2 atom stereocenters. The maximum atomic E-state index is 13.0. The third kappa shape index (κ3) is 5.24. The first-order valence-corrected chi connectivity index (χ1v) is 8.23. The van der Waals surface area contributed by atoms with Crippen molar-refractivity contribution in [1.82, 2.24) is 5.32 Å². The van der Waals surface area contributed by atoms with Crippen molar-refractivity contribution in [3.05, 3.63) is 59.4 Å². The van der Waals surface area contributed by atoms with E-state index < -0.39 is 0 Å². The summed E-state index contributed by atoms with van der Waals surface area (Å²) in [6.45, 7) is 4.31. The van der Waals surface area contributed by atoms with Crippen molar-refractivity contribution in [2.24, 2.45) is 0 Å². The van der Waals surface area contributed by atoms with Crippen LogP contribution in [-0.4, -0.2) is 26.3 Å². The Kier molecular flexibility index (Phi) is 6.62. The predicted octanol–water partition coefficient (Wildman–Crippen LogP) is 3.99. The molecule has 0 aliphatic heterocycles. The first-order chi connectivity index (χ1) is 11.5. The van der Waals surface area contributed by atoms with E-state index in [2.05, 4.69) is 25.2 Å². The smallest absolute Gasteiger partial charge is 0.160 e. The van der Waals surface area contributed by atoms with Gasteiger partial charge < -0.3 is 14.8 Å². The minimum Gasteiger partial charge on any atom is -0.493 e. The van der Waals surface area contributed by atoms with Gasteiger partial charge in [0.25, 0.3) is 0 Å². The van der Waals surface area contributed by atoms with Crippen LogP contribution in [-0.2, 0) is 12.8 Å². The molecule has 24 heavy (non-hydrogen) atoms. The minimum atomic E-state index is -0.193. The van der Waals surface area contributed by atoms with E-state index in [1.165, 1.54) is 17.7 Å². The Morgan fingerprint density at radius 1 is 0.833 bits per heavy atom. The molecule has 0 saturated carbocycles. The molecule has 2 aromatic carbocycles. The Labute approximate surface area is 143 Å². The SMILES string of the molecule is COc1ccc(CC(C)NC(C)Cc2ccc(F)cc2)cc1OC. The van der Waals surface area contributed by atoms with Crippen LogP contribution in [0.3, 0.4) is 0 Å². The minimum absolute atomic E-state index is 0.193. The second-order valence-electron chi connectivity index (χ2n) is 6.19. The second kappa shape index (κ2) is 8.69. The Balaban J connectivity index is 1.90. The molecule has 0 aromatic heterocycles. The fraction of sp³-hybridized carbons (Fsp3) is 0.400. The van der Waals surface area contributed by atoms with Gasteiger partial charge in [-0.3, -0.25) is 0 Å². The molecule has 1 N–H and O–H groups in total. The highest BCUT2D eigenvalue weighted by molar-refractivity contribution is 5.43. The van der Waals surface area contributed by atoms with Crippen LogP contribution < -0.4 is 14.8 Å². The third-order valence-corrected chi connectivity index (χ3v) is 4.01. The summed E-state index contributed by atoms with van der Waals surface area (Å²) in [4.78, 5) is 0. The zero-order chi connectivity index (χ0) is 17.5. The van der Waals surface area contributed by atoms with Crippen LogP contribution in [0.2, 0.25) is 0 Å². The van der Waals surface area contributed by atoms with E-state index in [9.17, 15) is 4.39 Å². The second-order valence-corrected chi connectivity index (χ2v) is 6.19. The van der Waals surface area contributed by atoms with Crippen molar-refractivity contribution < 1.29 is 13.9 Å². The monoisotopic (exact) mass is 331 g/mol. The van der Waals surface area contributed by atoms with E-state index in [4.69, 9.17) is 9.47 Å². The zero-order valence-electron chi connectivity index (χ0n) is 14.8. The van der Waals surface area contributed by atoms with Gasteiger partial charge >= 0.3 is 0 Å². The lowest BCUT2D eigenvalue weighted by Crippen LogP contribution is -2.37. The molecule has 0 spiro atoms. The highest BCUT2D eigenvalue weighted by atomic mass is 19.1. The average Bonchev–Trinajstić information content (AvgIpc) is 2.56. The molecule has 2 unspecified atom stereocenters. The van der Waals surface area contributed by atoms with Gasteiger partial charge in [0.15, 0.2) is 11.5 Å². The molecule has 0 amide bonds. The number of halogens is 1. The summed E-state index contributed by atoms with van der Waals surface area (Å²) in [7, 11) is 3.28. The molecule has 2 rings (SSSR count). The lowest BCUT2D eigenvalue weighted by molar-refractivity contribution is 0.354. The Morgan fingerprint density at radius 3 is 1.96 bits per heavy atom. The fourth-order valence-corrected chi connectivity index (χ4v) is 2.94. The largest absolute Gasteiger partial charge is 0.493 e. The summed E-state index contributed by atoms with van der Waals surface area (Å²) in [6, 6.07) is 13.3.